The number of hydrogen-bond acceptors (Lipinski definition) is 3. The number of nitrogens with zero attached hydrogens (tertiary/aromatic N) is 2. The number of carbonyl (C=O) groups excluding carboxylic acids is 1. The first-order chi connectivity index (χ1) is 11.3. The molecule has 4 nitrogen and oxygen atoms in total. The van der Waals surface area contributed by atoms with Crippen LogP contribution in [0.2, 0.25) is 0 Å². The van der Waals surface area contributed by atoms with Gasteiger partial charge in [0, 0.05) is 32.7 Å². The van der Waals surface area contributed by atoms with E-state index in [2.05, 4.69) is 53.6 Å². The minimum atomic E-state index is 0.237. The summed E-state index contributed by atoms with van der Waals surface area (Å²) < 4.78 is 0. The van der Waals surface area contributed by atoms with Crippen molar-refractivity contribution >= 4 is 12.0 Å². The molecule has 126 valence electrons. The molecule has 0 aliphatic carbocycles. The van der Waals surface area contributed by atoms with E-state index in [1.54, 1.807) is 0 Å². The van der Waals surface area contributed by atoms with E-state index >= 15 is 0 Å². The highest BCUT2D eigenvalue weighted by Crippen LogP contribution is 2.04. The lowest BCUT2D eigenvalue weighted by Gasteiger charge is -2.34. The van der Waals surface area contributed by atoms with Gasteiger partial charge in [-0.05, 0) is 18.5 Å². The van der Waals surface area contributed by atoms with Crippen molar-refractivity contribution in [3.8, 4) is 0 Å². The topological polar surface area (TPSA) is 35.6 Å². The second-order valence-electron chi connectivity index (χ2n) is 6.02. The van der Waals surface area contributed by atoms with Crippen LogP contribution in [-0.4, -0.2) is 61.5 Å². The van der Waals surface area contributed by atoms with Crippen LogP contribution in [0.15, 0.2) is 36.4 Å². The van der Waals surface area contributed by atoms with Crippen molar-refractivity contribution in [2.75, 3.05) is 45.8 Å². The third-order valence-corrected chi connectivity index (χ3v) is 4.18. The summed E-state index contributed by atoms with van der Waals surface area (Å²) in [6.45, 7) is 8.13. The highest BCUT2D eigenvalue weighted by molar-refractivity contribution is 5.78. The van der Waals surface area contributed by atoms with Gasteiger partial charge in [0.1, 0.15) is 0 Å². The second-order valence-corrected chi connectivity index (χ2v) is 6.02. The molecule has 1 aliphatic rings. The molecule has 0 atom stereocenters. The van der Waals surface area contributed by atoms with Gasteiger partial charge in [-0.2, -0.15) is 0 Å². The first kappa shape index (κ1) is 17.7. The lowest BCUT2D eigenvalue weighted by atomic mass is 10.2. The van der Waals surface area contributed by atoms with Gasteiger partial charge in [0.2, 0.25) is 5.91 Å². The van der Waals surface area contributed by atoms with E-state index in [4.69, 9.17) is 0 Å². The molecule has 1 aromatic rings. The molecule has 1 amide bonds. The molecule has 0 aromatic heterocycles. The summed E-state index contributed by atoms with van der Waals surface area (Å²) in [5.74, 6) is 0.237. The Hall–Kier alpha value is -1.65. The zero-order valence-corrected chi connectivity index (χ0v) is 14.2. The number of benzene rings is 1. The fourth-order valence-corrected chi connectivity index (χ4v) is 2.69. The summed E-state index contributed by atoms with van der Waals surface area (Å²) >= 11 is 0. The molecule has 1 saturated heterocycles. The number of hydrogen-bond donors (Lipinski definition) is 1. The van der Waals surface area contributed by atoms with Gasteiger partial charge in [-0.3, -0.25) is 9.69 Å². The van der Waals surface area contributed by atoms with Gasteiger partial charge in [0.05, 0.1) is 6.54 Å². The van der Waals surface area contributed by atoms with Gasteiger partial charge in [0.25, 0.3) is 0 Å². The summed E-state index contributed by atoms with van der Waals surface area (Å²) in [4.78, 5) is 16.5. The monoisotopic (exact) mass is 315 g/mol. The molecule has 1 heterocycles. The molecule has 0 spiro atoms. The predicted octanol–water partition coefficient (Wildman–Crippen LogP) is 2.23. The van der Waals surface area contributed by atoms with E-state index in [1.807, 2.05) is 11.0 Å². The first-order valence-corrected chi connectivity index (χ1v) is 8.72. The number of piperazine rings is 1. The number of unbranched alkanes of at least 4 members (excludes halogenated alkanes) is 1. The molecule has 1 fully saturated rings. The zero-order chi connectivity index (χ0) is 16.3. The van der Waals surface area contributed by atoms with Crippen LogP contribution < -0.4 is 5.32 Å². The molecule has 2 rings (SSSR count). The fraction of sp³-hybridized carbons (Fsp3) is 0.526. The number of rotatable bonds is 8. The summed E-state index contributed by atoms with van der Waals surface area (Å²) in [5.41, 5.74) is 1.24. The molecule has 0 saturated carbocycles. The van der Waals surface area contributed by atoms with E-state index in [1.165, 1.54) is 5.56 Å². The Morgan fingerprint density at radius 3 is 2.61 bits per heavy atom. The Morgan fingerprint density at radius 2 is 1.91 bits per heavy atom. The van der Waals surface area contributed by atoms with Crippen molar-refractivity contribution in [2.45, 2.75) is 19.8 Å². The zero-order valence-electron chi connectivity index (χ0n) is 14.2. The van der Waals surface area contributed by atoms with Gasteiger partial charge < -0.3 is 10.2 Å². The smallest absolute Gasteiger partial charge is 0.236 e. The van der Waals surface area contributed by atoms with Gasteiger partial charge >= 0.3 is 0 Å². The van der Waals surface area contributed by atoms with Crippen molar-refractivity contribution < 1.29 is 4.79 Å². The molecule has 4 heteroatoms. The number of carbonyl (C=O) groups is 1. The highest BCUT2D eigenvalue weighted by Gasteiger charge is 2.19. The Balaban J connectivity index is 1.63. The molecule has 23 heavy (non-hydrogen) atoms. The molecule has 0 radical (unpaired) electrons. The van der Waals surface area contributed by atoms with Crippen molar-refractivity contribution in [3.05, 3.63) is 42.0 Å². The Morgan fingerprint density at radius 1 is 1.17 bits per heavy atom. The van der Waals surface area contributed by atoms with E-state index in [9.17, 15) is 4.79 Å². The predicted molar refractivity (Wildman–Crippen MR) is 96.3 cm³/mol. The summed E-state index contributed by atoms with van der Waals surface area (Å²) in [7, 11) is 0. The van der Waals surface area contributed by atoms with Crippen molar-refractivity contribution in [3.63, 3.8) is 0 Å². The number of nitrogens with one attached hydrogen (secondary N) is 1. The van der Waals surface area contributed by atoms with Gasteiger partial charge in [-0.25, -0.2) is 0 Å². The van der Waals surface area contributed by atoms with E-state index in [0.717, 1.165) is 52.1 Å². The van der Waals surface area contributed by atoms with Crippen molar-refractivity contribution in [1.82, 2.24) is 15.1 Å². The van der Waals surface area contributed by atoms with E-state index < -0.39 is 0 Å². The minimum absolute atomic E-state index is 0.237. The van der Waals surface area contributed by atoms with Gasteiger partial charge in [-0.15, -0.1) is 0 Å². The Kier molecular flexibility index (Phi) is 7.84. The molecule has 1 aliphatic heterocycles. The van der Waals surface area contributed by atoms with E-state index in [-0.39, 0.29) is 5.91 Å². The van der Waals surface area contributed by atoms with Crippen LogP contribution in [0, 0.1) is 0 Å². The maximum atomic E-state index is 12.1. The second kappa shape index (κ2) is 10.2. The summed E-state index contributed by atoms with van der Waals surface area (Å²) in [6, 6.07) is 10.4. The van der Waals surface area contributed by atoms with Crippen LogP contribution in [0.4, 0.5) is 0 Å². The maximum absolute atomic E-state index is 12.1. The fourth-order valence-electron chi connectivity index (χ4n) is 2.69. The van der Waals surface area contributed by atoms with Crippen LogP contribution in [0.5, 0.6) is 0 Å². The summed E-state index contributed by atoms with van der Waals surface area (Å²) in [6.07, 6.45) is 6.67. The van der Waals surface area contributed by atoms with Gasteiger partial charge in [0.15, 0.2) is 0 Å². The first-order valence-electron chi connectivity index (χ1n) is 8.72. The number of amides is 1. The van der Waals surface area contributed by atoms with E-state index in [0.29, 0.717) is 6.54 Å². The lowest BCUT2D eigenvalue weighted by Crippen LogP contribution is -2.50. The third kappa shape index (κ3) is 6.55. The Labute approximate surface area is 140 Å². The summed E-state index contributed by atoms with van der Waals surface area (Å²) in [5, 5.41) is 3.23. The third-order valence-electron chi connectivity index (χ3n) is 4.18. The molecule has 1 N–H and O–H groups in total. The quantitative estimate of drug-likeness (QED) is 0.747. The molecule has 0 bridgehead atoms. The average molecular weight is 315 g/mol. The SMILES string of the molecule is CCCCNCC(=O)N1CCN(C/C=C/c2ccccc2)CC1. The van der Waals surface area contributed by atoms with Crippen molar-refractivity contribution in [2.24, 2.45) is 0 Å². The molecule has 1 aromatic carbocycles. The van der Waals surface area contributed by atoms with Crippen LogP contribution in [0.3, 0.4) is 0 Å². The highest BCUT2D eigenvalue weighted by atomic mass is 16.2. The Bertz CT molecular complexity index is 479. The average Bonchev–Trinajstić information content (AvgIpc) is 2.60. The minimum Gasteiger partial charge on any atom is -0.339 e. The van der Waals surface area contributed by atoms with Crippen LogP contribution >= 0.6 is 0 Å². The van der Waals surface area contributed by atoms with Crippen LogP contribution in [0.25, 0.3) is 6.08 Å². The van der Waals surface area contributed by atoms with Crippen molar-refractivity contribution in [1.29, 1.82) is 0 Å². The molecule has 0 unspecified atom stereocenters. The van der Waals surface area contributed by atoms with Crippen LogP contribution in [-0.2, 0) is 4.79 Å². The normalized spacial score (nSPS) is 16.1. The molecular weight excluding hydrogens is 286 g/mol. The lowest BCUT2D eigenvalue weighted by molar-refractivity contribution is -0.131. The van der Waals surface area contributed by atoms with Crippen LogP contribution in [0.1, 0.15) is 25.3 Å². The molecular formula is C19H29N3O. The standard InChI is InChI=1S/C19H29N3O/c1-2-3-11-20-17-19(23)22-15-13-21(14-16-22)12-7-10-18-8-5-4-6-9-18/h4-10,20H,2-3,11-17H2,1H3/b10-7+. The maximum Gasteiger partial charge on any atom is 0.236 e. The largest absolute Gasteiger partial charge is 0.339 e. The van der Waals surface area contributed by atoms with Gasteiger partial charge in [-0.1, -0.05) is 55.8 Å².